The van der Waals surface area contributed by atoms with E-state index in [4.69, 9.17) is 33.3 Å². The van der Waals surface area contributed by atoms with Crippen LogP contribution in [-0.2, 0) is 9.59 Å². The van der Waals surface area contributed by atoms with E-state index in [1.54, 1.807) is 49.4 Å². The lowest BCUT2D eigenvalue weighted by molar-refractivity contribution is -0.122. The number of benzene rings is 2. The molecule has 3 aromatic rings. The van der Waals surface area contributed by atoms with Crippen molar-refractivity contribution in [3.05, 3.63) is 82.1 Å². The number of carbonyl (C=O) groups is 3. The van der Waals surface area contributed by atoms with E-state index in [0.717, 1.165) is 0 Å². The van der Waals surface area contributed by atoms with Crippen molar-refractivity contribution in [1.82, 2.24) is 5.32 Å². The number of rotatable bonds is 4. The summed E-state index contributed by atoms with van der Waals surface area (Å²) >= 11 is 11.4. The summed E-state index contributed by atoms with van der Waals surface area (Å²) in [5.74, 6) is -1.54. The van der Waals surface area contributed by atoms with Gasteiger partial charge in [-0.25, -0.2) is 4.79 Å². The summed E-state index contributed by atoms with van der Waals surface area (Å²) in [7, 11) is 0. The van der Waals surface area contributed by atoms with E-state index in [1.165, 1.54) is 23.1 Å². The van der Waals surface area contributed by atoms with Crippen LogP contribution in [0.4, 0.5) is 5.69 Å². The molecule has 2 amide bonds. The third-order valence-electron chi connectivity index (χ3n) is 4.91. The minimum Gasteiger partial charge on any atom is -0.478 e. The number of hydrogen-bond donors (Lipinski definition) is 2. The van der Waals surface area contributed by atoms with Crippen LogP contribution in [0.5, 0.6) is 0 Å². The number of hydrogen-bond acceptors (Lipinski definition) is 5. The molecule has 0 bridgehead atoms. The zero-order chi connectivity index (χ0) is 23.0. The quantitative estimate of drug-likeness (QED) is 0.335. The Kier molecular flexibility index (Phi) is 5.65. The minimum atomic E-state index is -1.03. The van der Waals surface area contributed by atoms with Crippen molar-refractivity contribution in [2.75, 3.05) is 4.90 Å². The summed E-state index contributed by atoms with van der Waals surface area (Å²) in [5.41, 5.74) is 1.76. The summed E-state index contributed by atoms with van der Waals surface area (Å²) in [6.07, 6.45) is 1.33. The number of carboxylic acid groups (broad SMARTS) is 1. The molecule has 1 aliphatic rings. The number of nitrogens with one attached hydrogen (secondary N) is 1. The number of aromatic carboxylic acids is 1. The van der Waals surface area contributed by atoms with E-state index < -0.39 is 17.8 Å². The molecule has 0 unspecified atom stereocenters. The Hall–Kier alpha value is -3.75. The molecule has 9 heteroatoms. The SMILES string of the molecule is Cc1c(Cl)cccc1N1C(=O)/C(=C/c2ccc(-c3ccc(C(=O)O)cc3)o2)C(=O)NC1=S. The fourth-order valence-corrected chi connectivity index (χ4v) is 3.66. The lowest BCUT2D eigenvalue weighted by Crippen LogP contribution is -2.54. The van der Waals surface area contributed by atoms with Gasteiger partial charge in [0.1, 0.15) is 17.1 Å². The van der Waals surface area contributed by atoms with Crippen molar-refractivity contribution in [1.29, 1.82) is 0 Å². The summed E-state index contributed by atoms with van der Waals surface area (Å²) in [4.78, 5) is 37.9. The average molecular weight is 467 g/mol. The highest BCUT2D eigenvalue weighted by molar-refractivity contribution is 7.80. The third-order valence-corrected chi connectivity index (χ3v) is 5.61. The van der Waals surface area contributed by atoms with Crippen molar-refractivity contribution in [3.63, 3.8) is 0 Å². The van der Waals surface area contributed by atoms with Gasteiger partial charge in [-0.2, -0.15) is 0 Å². The summed E-state index contributed by atoms with van der Waals surface area (Å²) in [6.45, 7) is 1.75. The first-order valence-corrected chi connectivity index (χ1v) is 10.1. The van der Waals surface area contributed by atoms with Crippen LogP contribution in [0.2, 0.25) is 5.02 Å². The zero-order valence-corrected chi connectivity index (χ0v) is 18.2. The van der Waals surface area contributed by atoms with Gasteiger partial charge in [-0.1, -0.05) is 29.8 Å². The van der Waals surface area contributed by atoms with Crippen molar-refractivity contribution in [2.45, 2.75) is 6.92 Å². The van der Waals surface area contributed by atoms with Gasteiger partial charge in [0.15, 0.2) is 5.11 Å². The molecule has 32 heavy (non-hydrogen) atoms. The highest BCUT2D eigenvalue weighted by Crippen LogP contribution is 2.30. The first-order valence-electron chi connectivity index (χ1n) is 9.36. The predicted molar refractivity (Wildman–Crippen MR) is 123 cm³/mol. The van der Waals surface area contributed by atoms with Crippen molar-refractivity contribution in [2.24, 2.45) is 0 Å². The molecule has 0 aliphatic carbocycles. The molecule has 2 N–H and O–H groups in total. The second-order valence-electron chi connectivity index (χ2n) is 6.93. The van der Waals surface area contributed by atoms with Crippen LogP contribution in [0.15, 0.2) is 64.6 Å². The van der Waals surface area contributed by atoms with Gasteiger partial charge < -0.3 is 9.52 Å². The highest BCUT2D eigenvalue weighted by Gasteiger charge is 2.35. The Bertz CT molecular complexity index is 1310. The molecular formula is C23H15ClN2O5S. The lowest BCUT2D eigenvalue weighted by atomic mass is 10.1. The molecule has 1 fully saturated rings. The maximum absolute atomic E-state index is 13.2. The van der Waals surface area contributed by atoms with E-state index in [9.17, 15) is 14.4 Å². The average Bonchev–Trinajstić information content (AvgIpc) is 3.23. The highest BCUT2D eigenvalue weighted by atomic mass is 35.5. The second kappa shape index (κ2) is 8.41. The maximum Gasteiger partial charge on any atom is 0.335 e. The standard InChI is InChI=1S/C23H15ClN2O5S/c1-12-17(24)3-2-4-18(12)26-21(28)16(20(27)25-23(26)32)11-15-9-10-19(31-15)13-5-7-14(8-6-13)22(29)30/h2-11H,1H3,(H,29,30)(H,25,27,32)/b16-11+. The molecule has 1 aliphatic heterocycles. The summed E-state index contributed by atoms with van der Waals surface area (Å²) in [6, 6.07) is 14.5. The molecule has 160 valence electrons. The number of nitrogens with zero attached hydrogens (tertiary/aromatic N) is 1. The number of furan rings is 1. The first kappa shape index (κ1) is 21.5. The number of thiocarbonyl (C=S) groups is 1. The van der Waals surface area contributed by atoms with Gasteiger partial charge >= 0.3 is 5.97 Å². The molecule has 4 rings (SSSR count). The topological polar surface area (TPSA) is 99.8 Å². The van der Waals surface area contributed by atoms with Gasteiger partial charge in [0.25, 0.3) is 11.8 Å². The van der Waals surface area contributed by atoms with Crippen LogP contribution >= 0.6 is 23.8 Å². The van der Waals surface area contributed by atoms with E-state index in [-0.39, 0.29) is 22.0 Å². The molecular weight excluding hydrogens is 452 g/mol. The van der Waals surface area contributed by atoms with Gasteiger partial charge in [0, 0.05) is 10.6 Å². The summed E-state index contributed by atoms with van der Waals surface area (Å²) < 4.78 is 5.75. The molecule has 7 nitrogen and oxygen atoms in total. The molecule has 0 atom stereocenters. The maximum atomic E-state index is 13.2. The Labute approximate surface area is 192 Å². The molecule has 0 spiro atoms. The predicted octanol–water partition coefficient (Wildman–Crippen LogP) is 4.44. The number of carbonyl (C=O) groups excluding carboxylic acids is 2. The lowest BCUT2D eigenvalue weighted by Gasteiger charge is -2.30. The number of amides is 2. The molecule has 2 aromatic carbocycles. The smallest absolute Gasteiger partial charge is 0.335 e. The number of carboxylic acids is 1. The fraction of sp³-hybridized carbons (Fsp3) is 0.0435. The monoisotopic (exact) mass is 466 g/mol. The summed E-state index contributed by atoms with van der Waals surface area (Å²) in [5, 5.41) is 12.0. The van der Waals surface area contributed by atoms with Crippen LogP contribution in [-0.4, -0.2) is 28.0 Å². The van der Waals surface area contributed by atoms with E-state index >= 15 is 0 Å². The molecule has 2 heterocycles. The minimum absolute atomic E-state index is 0.0406. The Morgan fingerprint density at radius 3 is 2.53 bits per heavy atom. The van der Waals surface area contributed by atoms with Crippen molar-refractivity contribution < 1.29 is 23.9 Å². The van der Waals surface area contributed by atoms with Gasteiger partial charge in [0.05, 0.1) is 11.3 Å². The normalized spacial score (nSPS) is 15.2. The second-order valence-corrected chi connectivity index (χ2v) is 7.72. The van der Waals surface area contributed by atoms with Crippen LogP contribution in [0.1, 0.15) is 21.7 Å². The van der Waals surface area contributed by atoms with Crippen molar-refractivity contribution >= 4 is 58.5 Å². The Balaban J connectivity index is 1.67. The Morgan fingerprint density at radius 2 is 1.84 bits per heavy atom. The molecule has 1 aromatic heterocycles. The van der Waals surface area contributed by atoms with E-state index in [2.05, 4.69) is 5.32 Å². The largest absolute Gasteiger partial charge is 0.478 e. The van der Waals surface area contributed by atoms with Crippen molar-refractivity contribution in [3.8, 4) is 11.3 Å². The fourth-order valence-electron chi connectivity index (χ4n) is 3.22. The van der Waals surface area contributed by atoms with Gasteiger partial charge in [-0.15, -0.1) is 0 Å². The Morgan fingerprint density at radius 1 is 1.12 bits per heavy atom. The van der Waals surface area contributed by atoms with Gasteiger partial charge in [-0.05, 0) is 67.2 Å². The number of anilines is 1. The molecule has 1 saturated heterocycles. The number of halogens is 1. The van der Waals surface area contributed by atoms with E-state index in [0.29, 0.717) is 27.6 Å². The van der Waals surface area contributed by atoms with Gasteiger partial charge in [0.2, 0.25) is 0 Å². The van der Waals surface area contributed by atoms with Gasteiger partial charge in [-0.3, -0.25) is 19.8 Å². The van der Waals surface area contributed by atoms with Crippen LogP contribution in [0, 0.1) is 6.92 Å². The van der Waals surface area contributed by atoms with E-state index in [1.807, 2.05) is 0 Å². The third kappa shape index (κ3) is 3.93. The molecule has 0 radical (unpaired) electrons. The van der Waals surface area contributed by atoms with Crippen LogP contribution in [0.3, 0.4) is 0 Å². The first-order chi connectivity index (χ1) is 15.3. The molecule has 0 saturated carbocycles. The zero-order valence-electron chi connectivity index (χ0n) is 16.6. The van der Waals surface area contributed by atoms with Crippen LogP contribution < -0.4 is 10.2 Å². The van der Waals surface area contributed by atoms with Crippen LogP contribution in [0.25, 0.3) is 17.4 Å².